The second-order valence-electron chi connectivity index (χ2n) is 3.80. The molecule has 0 aliphatic rings. The third kappa shape index (κ3) is 2.25. The summed E-state index contributed by atoms with van der Waals surface area (Å²) in [4.78, 5) is 0. The average Bonchev–Trinajstić information content (AvgIpc) is 2.29. The first-order valence-electron chi connectivity index (χ1n) is 5.18. The lowest BCUT2D eigenvalue weighted by molar-refractivity contribution is 0.626. The van der Waals surface area contributed by atoms with E-state index in [0.717, 1.165) is 5.56 Å². The lowest BCUT2D eigenvalue weighted by Crippen LogP contribution is -1.97. The molecule has 0 unspecified atom stereocenters. The molecule has 0 fully saturated rings. The first-order chi connectivity index (χ1) is 7.68. The molecule has 0 amide bonds. The Balaban J connectivity index is 2.38. The minimum atomic E-state index is -0.297. The first kappa shape index (κ1) is 11.2. The van der Waals surface area contributed by atoms with Gasteiger partial charge < -0.3 is 0 Å². The van der Waals surface area contributed by atoms with Gasteiger partial charge in [0, 0.05) is 10.9 Å². The standard InChI is InChI=1S/C14H12ClF/c1-10(11-5-3-2-4-6-11)13-8-7-12(16)9-14(13)15/h2-10H,1H3/t10-/m0/s1. The summed E-state index contributed by atoms with van der Waals surface area (Å²) in [6.07, 6.45) is 0. The van der Waals surface area contributed by atoms with Gasteiger partial charge in [0.2, 0.25) is 0 Å². The molecule has 82 valence electrons. The maximum atomic E-state index is 12.9. The van der Waals surface area contributed by atoms with Gasteiger partial charge in [0.25, 0.3) is 0 Å². The van der Waals surface area contributed by atoms with Crippen LogP contribution in [-0.4, -0.2) is 0 Å². The number of rotatable bonds is 2. The molecule has 0 radical (unpaired) electrons. The minimum Gasteiger partial charge on any atom is -0.207 e. The van der Waals surface area contributed by atoms with Crippen LogP contribution in [0, 0.1) is 5.82 Å². The molecule has 2 rings (SSSR count). The van der Waals surface area contributed by atoms with Crippen LogP contribution < -0.4 is 0 Å². The van der Waals surface area contributed by atoms with Gasteiger partial charge >= 0.3 is 0 Å². The number of hydrogen-bond donors (Lipinski definition) is 0. The Labute approximate surface area is 99.7 Å². The van der Waals surface area contributed by atoms with Crippen LogP contribution in [0.2, 0.25) is 5.02 Å². The third-order valence-corrected chi connectivity index (χ3v) is 3.06. The van der Waals surface area contributed by atoms with Gasteiger partial charge in [-0.2, -0.15) is 0 Å². The predicted octanol–water partition coefficient (Wildman–Crippen LogP) is 4.63. The van der Waals surface area contributed by atoms with Crippen molar-refractivity contribution in [1.82, 2.24) is 0 Å². The number of hydrogen-bond acceptors (Lipinski definition) is 0. The van der Waals surface area contributed by atoms with Crippen LogP contribution in [0.3, 0.4) is 0 Å². The van der Waals surface area contributed by atoms with E-state index in [1.165, 1.54) is 17.7 Å². The van der Waals surface area contributed by atoms with Gasteiger partial charge in [-0.05, 0) is 23.3 Å². The lowest BCUT2D eigenvalue weighted by atomic mass is 9.93. The van der Waals surface area contributed by atoms with Crippen molar-refractivity contribution < 1.29 is 4.39 Å². The Bertz CT molecular complexity index is 479. The van der Waals surface area contributed by atoms with E-state index in [2.05, 4.69) is 6.92 Å². The zero-order chi connectivity index (χ0) is 11.5. The molecule has 2 aromatic carbocycles. The van der Waals surface area contributed by atoms with Crippen molar-refractivity contribution in [2.75, 3.05) is 0 Å². The Morgan fingerprint density at radius 1 is 1.06 bits per heavy atom. The molecule has 0 aromatic heterocycles. The summed E-state index contributed by atoms with van der Waals surface area (Å²) in [7, 11) is 0. The van der Waals surface area contributed by atoms with E-state index in [1.807, 2.05) is 30.3 Å². The van der Waals surface area contributed by atoms with E-state index in [4.69, 9.17) is 11.6 Å². The van der Waals surface area contributed by atoms with Crippen molar-refractivity contribution in [3.63, 3.8) is 0 Å². The summed E-state index contributed by atoms with van der Waals surface area (Å²) < 4.78 is 12.9. The Morgan fingerprint density at radius 2 is 1.75 bits per heavy atom. The summed E-state index contributed by atoms with van der Waals surface area (Å²) >= 11 is 6.03. The van der Waals surface area contributed by atoms with Crippen LogP contribution in [0.5, 0.6) is 0 Å². The third-order valence-electron chi connectivity index (χ3n) is 2.73. The maximum Gasteiger partial charge on any atom is 0.124 e. The molecule has 0 spiro atoms. The quantitative estimate of drug-likeness (QED) is 0.711. The predicted molar refractivity (Wildman–Crippen MR) is 65.4 cm³/mol. The van der Waals surface area contributed by atoms with Crippen molar-refractivity contribution in [3.8, 4) is 0 Å². The summed E-state index contributed by atoms with van der Waals surface area (Å²) in [6, 6.07) is 14.6. The van der Waals surface area contributed by atoms with Gasteiger partial charge in [-0.25, -0.2) is 4.39 Å². The molecule has 0 heterocycles. The topological polar surface area (TPSA) is 0 Å². The second kappa shape index (κ2) is 4.67. The average molecular weight is 235 g/mol. The fourth-order valence-electron chi connectivity index (χ4n) is 1.77. The minimum absolute atomic E-state index is 0.175. The highest BCUT2D eigenvalue weighted by Gasteiger charge is 2.11. The van der Waals surface area contributed by atoms with E-state index in [9.17, 15) is 4.39 Å². The van der Waals surface area contributed by atoms with Gasteiger partial charge in [-0.1, -0.05) is 54.9 Å². The fourth-order valence-corrected chi connectivity index (χ4v) is 2.10. The highest BCUT2D eigenvalue weighted by molar-refractivity contribution is 6.31. The largest absolute Gasteiger partial charge is 0.207 e. The fraction of sp³-hybridized carbons (Fsp3) is 0.143. The molecule has 2 heteroatoms. The van der Waals surface area contributed by atoms with Crippen molar-refractivity contribution in [2.45, 2.75) is 12.8 Å². The van der Waals surface area contributed by atoms with Crippen molar-refractivity contribution >= 4 is 11.6 Å². The Hall–Kier alpha value is -1.34. The molecule has 0 nitrogen and oxygen atoms in total. The van der Waals surface area contributed by atoms with Crippen molar-refractivity contribution in [1.29, 1.82) is 0 Å². The maximum absolute atomic E-state index is 12.9. The summed E-state index contributed by atoms with van der Waals surface area (Å²) in [6.45, 7) is 2.06. The van der Waals surface area contributed by atoms with Gasteiger partial charge in [0.1, 0.15) is 5.82 Å². The summed E-state index contributed by atoms with van der Waals surface area (Å²) in [5.41, 5.74) is 2.13. The smallest absolute Gasteiger partial charge is 0.124 e. The van der Waals surface area contributed by atoms with Crippen LogP contribution in [-0.2, 0) is 0 Å². The molecule has 2 aromatic rings. The SMILES string of the molecule is C[C@@H](c1ccccc1)c1ccc(F)cc1Cl. The lowest BCUT2D eigenvalue weighted by Gasteiger charge is -2.13. The van der Waals surface area contributed by atoms with Crippen LogP contribution >= 0.6 is 11.6 Å². The molecule has 0 N–H and O–H groups in total. The van der Waals surface area contributed by atoms with Crippen LogP contribution in [0.15, 0.2) is 48.5 Å². The molecule has 0 bridgehead atoms. The molecule has 0 aliphatic heterocycles. The summed E-state index contributed by atoms with van der Waals surface area (Å²) in [5, 5.41) is 0.483. The van der Waals surface area contributed by atoms with Crippen molar-refractivity contribution in [2.24, 2.45) is 0 Å². The van der Waals surface area contributed by atoms with E-state index < -0.39 is 0 Å². The molecule has 1 atom stereocenters. The zero-order valence-corrected chi connectivity index (χ0v) is 9.71. The summed E-state index contributed by atoms with van der Waals surface area (Å²) in [5.74, 6) is -0.122. The number of halogens is 2. The second-order valence-corrected chi connectivity index (χ2v) is 4.21. The van der Waals surface area contributed by atoms with Gasteiger partial charge in [-0.3, -0.25) is 0 Å². The molecule has 0 aliphatic carbocycles. The first-order valence-corrected chi connectivity index (χ1v) is 5.56. The van der Waals surface area contributed by atoms with E-state index >= 15 is 0 Å². The molecular weight excluding hydrogens is 223 g/mol. The Morgan fingerprint density at radius 3 is 2.38 bits per heavy atom. The highest BCUT2D eigenvalue weighted by atomic mass is 35.5. The van der Waals surface area contributed by atoms with Crippen LogP contribution in [0.1, 0.15) is 24.0 Å². The normalized spacial score (nSPS) is 12.4. The van der Waals surface area contributed by atoms with Crippen molar-refractivity contribution in [3.05, 3.63) is 70.5 Å². The molecular formula is C14H12ClF. The van der Waals surface area contributed by atoms with E-state index in [1.54, 1.807) is 6.07 Å². The van der Waals surface area contributed by atoms with Crippen LogP contribution in [0.25, 0.3) is 0 Å². The molecule has 16 heavy (non-hydrogen) atoms. The van der Waals surface area contributed by atoms with Crippen LogP contribution in [0.4, 0.5) is 4.39 Å². The van der Waals surface area contributed by atoms with Gasteiger partial charge in [-0.15, -0.1) is 0 Å². The highest BCUT2D eigenvalue weighted by Crippen LogP contribution is 2.30. The monoisotopic (exact) mass is 234 g/mol. The van der Waals surface area contributed by atoms with Gasteiger partial charge in [0.15, 0.2) is 0 Å². The Kier molecular flexibility index (Phi) is 3.25. The molecule has 0 saturated heterocycles. The zero-order valence-electron chi connectivity index (χ0n) is 8.95. The van der Waals surface area contributed by atoms with E-state index in [-0.39, 0.29) is 11.7 Å². The number of benzene rings is 2. The van der Waals surface area contributed by atoms with E-state index in [0.29, 0.717) is 5.02 Å². The molecule has 0 saturated carbocycles. The van der Waals surface area contributed by atoms with Gasteiger partial charge in [0.05, 0.1) is 0 Å².